The number of nitrogens with two attached hydrogens (primary N) is 1. The molecule has 1 aliphatic rings. The van der Waals surface area contributed by atoms with Gasteiger partial charge in [0.2, 0.25) is 5.91 Å². The summed E-state index contributed by atoms with van der Waals surface area (Å²) in [5, 5.41) is 2.93. The van der Waals surface area contributed by atoms with Crippen molar-refractivity contribution in [2.75, 3.05) is 0 Å². The molecule has 1 aromatic rings. The Balaban J connectivity index is 2.05. The van der Waals surface area contributed by atoms with Gasteiger partial charge in [0.15, 0.2) is 0 Å². The topological polar surface area (TPSA) is 68.3 Å². The quantitative estimate of drug-likeness (QED) is 0.819. The van der Waals surface area contributed by atoms with Crippen LogP contribution in [0.1, 0.15) is 38.5 Å². The molecule has 0 spiro atoms. The second-order valence-electron chi connectivity index (χ2n) is 5.17. The zero-order chi connectivity index (χ0) is 13.3. The van der Waals surface area contributed by atoms with Crippen LogP contribution in [-0.4, -0.2) is 10.9 Å². The lowest BCUT2D eigenvalue weighted by Crippen LogP contribution is -2.56. The Labute approximate surface area is 112 Å². The molecule has 1 fully saturated rings. The summed E-state index contributed by atoms with van der Waals surface area (Å²) >= 11 is 5.06. The lowest BCUT2D eigenvalue weighted by atomic mass is 9.62. The van der Waals surface area contributed by atoms with Gasteiger partial charge in [0.25, 0.3) is 0 Å². The molecule has 3 N–H and O–H groups in total. The summed E-state index contributed by atoms with van der Waals surface area (Å²) in [4.78, 5) is 12.6. The first-order valence-corrected chi connectivity index (χ1v) is 6.51. The van der Waals surface area contributed by atoms with E-state index in [1.165, 1.54) is 0 Å². The van der Waals surface area contributed by atoms with Crippen molar-refractivity contribution in [2.45, 2.75) is 32.7 Å². The van der Waals surface area contributed by atoms with Gasteiger partial charge in [0, 0.05) is 0 Å². The van der Waals surface area contributed by atoms with E-state index in [2.05, 4.69) is 12.2 Å². The van der Waals surface area contributed by atoms with Gasteiger partial charge in [-0.1, -0.05) is 19.1 Å². The third-order valence-electron chi connectivity index (χ3n) is 3.62. The van der Waals surface area contributed by atoms with Crippen LogP contribution in [0.15, 0.2) is 22.8 Å². The monoisotopic (exact) mass is 266 g/mol. The average molecular weight is 266 g/mol. The third-order valence-corrected chi connectivity index (χ3v) is 4.01. The first-order valence-electron chi connectivity index (χ1n) is 6.10. The molecule has 1 heterocycles. The minimum atomic E-state index is -0.657. The zero-order valence-corrected chi connectivity index (χ0v) is 11.4. The molecule has 0 radical (unpaired) electrons. The second kappa shape index (κ2) is 4.72. The Hall–Kier alpha value is -1.36. The van der Waals surface area contributed by atoms with Gasteiger partial charge in [-0.05, 0) is 37.8 Å². The van der Waals surface area contributed by atoms with E-state index in [4.69, 9.17) is 22.4 Å². The van der Waals surface area contributed by atoms with Crippen LogP contribution in [0.5, 0.6) is 0 Å². The highest BCUT2D eigenvalue weighted by molar-refractivity contribution is 7.80. The molecule has 1 aliphatic carbocycles. The fourth-order valence-corrected chi connectivity index (χ4v) is 2.83. The molecule has 0 bridgehead atoms. The molecule has 18 heavy (non-hydrogen) atoms. The smallest absolute Gasteiger partial charge is 0.233 e. The summed E-state index contributed by atoms with van der Waals surface area (Å²) in [5.41, 5.74) is 5.08. The predicted molar refractivity (Wildman–Crippen MR) is 72.9 cm³/mol. The van der Waals surface area contributed by atoms with E-state index in [1.54, 1.807) is 12.3 Å². The largest absolute Gasteiger partial charge is 0.467 e. The number of carbonyl (C=O) groups is 1. The number of carbonyl (C=O) groups excluding carboxylic acids is 1. The van der Waals surface area contributed by atoms with E-state index in [-0.39, 0.29) is 11.9 Å². The number of amides is 1. The van der Waals surface area contributed by atoms with E-state index in [0.717, 1.165) is 18.6 Å². The van der Waals surface area contributed by atoms with Crippen molar-refractivity contribution in [1.29, 1.82) is 0 Å². The van der Waals surface area contributed by atoms with Crippen LogP contribution < -0.4 is 11.1 Å². The molecule has 1 unspecified atom stereocenters. The van der Waals surface area contributed by atoms with Crippen LogP contribution >= 0.6 is 12.2 Å². The highest BCUT2D eigenvalue weighted by Crippen LogP contribution is 2.46. The Morgan fingerprint density at radius 2 is 2.33 bits per heavy atom. The van der Waals surface area contributed by atoms with E-state index in [1.807, 2.05) is 13.0 Å². The van der Waals surface area contributed by atoms with Crippen LogP contribution in [0.2, 0.25) is 0 Å². The van der Waals surface area contributed by atoms with Gasteiger partial charge in [-0.25, -0.2) is 0 Å². The number of rotatable bonds is 4. The molecule has 0 aromatic carbocycles. The van der Waals surface area contributed by atoms with E-state index < -0.39 is 5.41 Å². The standard InChI is InChI=1S/C13H18N2O2S/c1-8-6-13(7-8,11(14)18)12(16)15-9(2)10-4-3-5-17-10/h3-5,8-9H,6-7H2,1-2H3,(H2,14,18)(H,15,16). The third kappa shape index (κ3) is 2.14. The summed E-state index contributed by atoms with van der Waals surface area (Å²) in [6, 6.07) is 3.46. The maximum atomic E-state index is 12.3. The van der Waals surface area contributed by atoms with Crippen molar-refractivity contribution in [3.8, 4) is 0 Å². The Morgan fingerprint density at radius 3 is 2.78 bits per heavy atom. The molecule has 1 aromatic heterocycles. The maximum Gasteiger partial charge on any atom is 0.233 e. The van der Waals surface area contributed by atoms with Crippen molar-refractivity contribution in [1.82, 2.24) is 5.32 Å². The van der Waals surface area contributed by atoms with Gasteiger partial charge in [-0.15, -0.1) is 0 Å². The Morgan fingerprint density at radius 1 is 1.67 bits per heavy atom. The first-order chi connectivity index (χ1) is 8.45. The van der Waals surface area contributed by atoms with Crippen LogP contribution in [0.25, 0.3) is 0 Å². The lowest BCUT2D eigenvalue weighted by Gasteiger charge is -2.44. The van der Waals surface area contributed by atoms with Gasteiger partial charge >= 0.3 is 0 Å². The van der Waals surface area contributed by atoms with Crippen molar-refractivity contribution >= 4 is 23.1 Å². The fourth-order valence-electron chi connectivity index (χ4n) is 2.57. The molecule has 1 atom stereocenters. The summed E-state index contributed by atoms with van der Waals surface area (Å²) in [7, 11) is 0. The molecule has 0 saturated heterocycles. The van der Waals surface area contributed by atoms with Crippen LogP contribution in [0.4, 0.5) is 0 Å². The van der Waals surface area contributed by atoms with Gasteiger partial charge in [0.05, 0.1) is 22.7 Å². The normalized spacial score (nSPS) is 28.2. The molecule has 98 valence electrons. The van der Waals surface area contributed by atoms with Gasteiger partial charge in [-0.2, -0.15) is 0 Å². The molecule has 1 amide bonds. The number of thiocarbonyl (C=S) groups is 1. The van der Waals surface area contributed by atoms with Gasteiger partial charge in [0.1, 0.15) is 5.76 Å². The van der Waals surface area contributed by atoms with Crippen LogP contribution in [0, 0.1) is 11.3 Å². The minimum absolute atomic E-state index is 0.0861. The number of hydrogen-bond acceptors (Lipinski definition) is 3. The SMILES string of the molecule is CC1CC(C(=O)NC(C)c2ccco2)(C(N)=S)C1. The summed E-state index contributed by atoms with van der Waals surface area (Å²) in [5.74, 6) is 1.14. The van der Waals surface area contributed by atoms with Crippen molar-refractivity contribution in [3.63, 3.8) is 0 Å². The number of hydrogen-bond donors (Lipinski definition) is 2. The molecule has 5 heteroatoms. The Bertz CT molecular complexity index is 450. The maximum absolute atomic E-state index is 12.3. The van der Waals surface area contributed by atoms with E-state index >= 15 is 0 Å². The second-order valence-corrected chi connectivity index (χ2v) is 5.61. The zero-order valence-electron chi connectivity index (χ0n) is 10.6. The molecule has 1 saturated carbocycles. The summed E-state index contributed by atoms with van der Waals surface area (Å²) < 4.78 is 5.26. The molecule has 0 aliphatic heterocycles. The fraction of sp³-hybridized carbons (Fsp3) is 0.538. The van der Waals surface area contributed by atoms with E-state index in [0.29, 0.717) is 10.9 Å². The molecule has 4 nitrogen and oxygen atoms in total. The van der Waals surface area contributed by atoms with Gasteiger partial charge < -0.3 is 15.5 Å². The Kier molecular flexibility index (Phi) is 3.43. The minimum Gasteiger partial charge on any atom is -0.467 e. The highest BCUT2D eigenvalue weighted by Gasteiger charge is 2.51. The van der Waals surface area contributed by atoms with Crippen molar-refractivity contribution in [2.24, 2.45) is 17.1 Å². The van der Waals surface area contributed by atoms with Crippen molar-refractivity contribution in [3.05, 3.63) is 24.2 Å². The van der Waals surface area contributed by atoms with Crippen molar-refractivity contribution < 1.29 is 9.21 Å². The molecule has 2 rings (SSSR count). The van der Waals surface area contributed by atoms with Crippen LogP contribution in [0.3, 0.4) is 0 Å². The van der Waals surface area contributed by atoms with Crippen LogP contribution in [-0.2, 0) is 4.79 Å². The molecular weight excluding hydrogens is 248 g/mol. The average Bonchev–Trinajstić information content (AvgIpc) is 2.76. The number of furan rings is 1. The highest BCUT2D eigenvalue weighted by atomic mass is 32.1. The predicted octanol–water partition coefficient (Wildman–Crippen LogP) is 2.16. The summed E-state index contributed by atoms with van der Waals surface area (Å²) in [6.07, 6.45) is 3.06. The molecular formula is C13H18N2O2S. The lowest BCUT2D eigenvalue weighted by molar-refractivity contribution is -0.133. The number of nitrogens with one attached hydrogen (secondary N) is 1. The van der Waals surface area contributed by atoms with Gasteiger partial charge in [-0.3, -0.25) is 4.79 Å². The summed E-state index contributed by atoms with van der Waals surface area (Å²) in [6.45, 7) is 3.98. The first kappa shape index (κ1) is 13.1. The van der Waals surface area contributed by atoms with E-state index in [9.17, 15) is 4.79 Å².